The first kappa shape index (κ1) is 12.9. The van der Waals surface area contributed by atoms with Gasteiger partial charge in [-0.25, -0.2) is 0 Å². The molecule has 2 saturated carbocycles. The average molecular weight is 250 g/mol. The van der Waals surface area contributed by atoms with Gasteiger partial charge in [-0.15, -0.1) is 0 Å². The third-order valence-corrected chi connectivity index (χ3v) is 5.24. The fraction of sp³-hybridized carbons (Fsp3) is 1.00. The Kier molecular flexibility index (Phi) is 4.58. The summed E-state index contributed by atoms with van der Waals surface area (Å²) < 4.78 is 0. The summed E-state index contributed by atoms with van der Waals surface area (Å²) in [7, 11) is 0. The monoisotopic (exact) mass is 250 g/mol. The van der Waals surface area contributed by atoms with Crippen LogP contribution in [0.4, 0.5) is 0 Å². The molecule has 104 valence electrons. The minimum atomic E-state index is 0.940. The second-order valence-electron chi connectivity index (χ2n) is 6.77. The van der Waals surface area contributed by atoms with Crippen LogP contribution in [-0.2, 0) is 0 Å². The summed E-state index contributed by atoms with van der Waals surface area (Å²) in [6, 6.07) is 1.91. The van der Waals surface area contributed by atoms with Crippen LogP contribution >= 0.6 is 0 Å². The summed E-state index contributed by atoms with van der Waals surface area (Å²) in [6.07, 6.45) is 14.7. The van der Waals surface area contributed by atoms with Gasteiger partial charge < -0.3 is 5.32 Å². The average Bonchev–Trinajstić information content (AvgIpc) is 3.24. The summed E-state index contributed by atoms with van der Waals surface area (Å²) in [6.45, 7) is 3.93. The summed E-state index contributed by atoms with van der Waals surface area (Å²) in [5.74, 6) is 0.982. The van der Waals surface area contributed by atoms with E-state index in [1.54, 1.807) is 0 Å². The van der Waals surface area contributed by atoms with Gasteiger partial charge >= 0.3 is 0 Å². The third-order valence-electron chi connectivity index (χ3n) is 5.24. The number of nitrogens with one attached hydrogen (secondary N) is 1. The van der Waals surface area contributed by atoms with Crippen LogP contribution in [0.2, 0.25) is 0 Å². The van der Waals surface area contributed by atoms with Crippen molar-refractivity contribution < 1.29 is 0 Å². The van der Waals surface area contributed by atoms with E-state index in [1.807, 2.05) is 0 Å². The van der Waals surface area contributed by atoms with Crippen molar-refractivity contribution in [2.75, 3.05) is 19.6 Å². The van der Waals surface area contributed by atoms with E-state index in [-0.39, 0.29) is 0 Å². The normalized spacial score (nSPS) is 28.5. The minimum absolute atomic E-state index is 0.940. The predicted octanol–water partition coefficient (Wildman–Crippen LogP) is 3.17. The maximum absolute atomic E-state index is 3.50. The fourth-order valence-corrected chi connectivity index (χ4v) is 3.95. The molecular formula is C16H30N2. The zero-order valence-electron chi connectivity index (χ0n) is 11.9. The third kappa shape index (κ3) is 3.48. The van der Waals surface area contributed by atoms with E-state index in [2.05, 4.69) is 10.2 Å². The van der Waals surface area contributed by atoms with Gasteiger partial charge in [0.05, 0.1) is 0 Å². The molecule has 18 heavy (non-hydrogen) atoms. The molecule has 1 N–H and O–H groups in total. The SMILES string of the molecule is C1CCCC(N(CC2CCNCC2)C2CC2)CC1. The highest BCUT2D eigenvalue weighted by Crippen LogP contribution is 2.34. The number of hydrogen-bond acceptors (Lipinski definition) is 2. The van der Waals surface area contributed by atoms with Gasteiger partial charge in [0.25, 0.3) is 0 Å². The molecule has 0 bridgehead atoms. The Bertz CT molecular complexity index is 235. The van der Waals surface area contributed by atoms with Gasteiger partial charge in [-0.05, 0) is 57.5 Å². The Hall–Kier alpha value is -0.0800. The van der Waals surface area contributed by atoms with Crippen LogP contribution in [0.1, 0.15) is 64.2 Å². The summed E-state index contributed by atoms with van der Waals surface area (Å²) in [5, 5.41) is 3.50. The maximum atomic E-state index is 3.50. The Labute approximate surface area is 113 Å². The molecule has 2 nitrogen and oxygen atoms in total. The molecule has 3 fully saturated rings. The second-order valence-corrected chi connectivity index (χ2v) is 6.77. The molecule has 0 aromatic carbocycles. The van der Waals surface area contributed by atoms with Crippen molar-refractivity contribution in [3.05, 3.63) is 0 Å². The Morgan fingerprint density at radius 2 is 1.33 bits per heavy atom. The molecule has 2 aliphatic carbocycles. The number of hydrogen-bond donors (Lipinski definition) is 1. The maximum Gasteiger partial charge on any atom is 0.00994 e. The number of rotatable bonds is 4. The number of piperidine rings is 1. The van der Waals surface area contributed by atoms with Crippen molar-refractivity contribution >= 4 is 0 Å². The van der Waals surface area contributed by atoms with E-state index in [1.165, 1.54) is 83.8 Å². The molecule has 1 saturated heterocycles. The molecule has 0 spiro atoms. The zero-order valence-corrected chi connectivity index (χ0v) is 11.9. The molecule has 2 heteroatoms. The highest BCUT2D eigenvalue weighted by molar-refractivity contribution is 4.91. The summed E-state index contributed by atoms with van der Waals surface area (Å²) >= 11 is 0. The topological polar surface area (TPSA) is 15.3 Å². The molecule has 0 radical (unpaired) electrons. The highest BCUT2D eigenvalue weighted by atomic mass is 15.2. The van der Waals surface area contributed by atoms with Gasteiger partial charge in [0.2, 0.25) is 0 Å². The van der Waals surface area contributed by atoms with Crippen LogP contribution in [0.5, 0.6) is 0 Å². The lowest BCUT2D eigenvalue weighted by molar-refractivity contribution is 0.130. The molecule has 3 aliphatic rings. The van der Waals surface area contributed by atoms with E-state index < -0.39 is 0 Å². The molecular weight excluding hydrogens is 220 g/mol. The van der Waals surface area contributed by atoms with Gasteiger partial charge in [0.15, 0.2) is 0 Å². The fourth-order valence-electron chi connectivity index (χ4n) is 3.95. The van der Waals surface area contributed by atoms with Crippen molar-refractivity contribution in [2.24, 2.45) is 5.92 Å². The van der Waals surface area contributed by atoms with Crippen LogP contribution in [0.15, 0.2) is 0 Å². The first-order valence-corrected chi connectivity index (χ1v) is 8.40. The smallest absolute Gasteiger partial charge is 0.00994 e. The van der Waals surface area contributed by atoms with Crippen molar-refractivity contribution in [1.29, 1.82) is 0 Å². The van der Waals surface area contributed by atoms with Gasteiger partial charge in [-0.2, -0.15) is 0 Å². The Morgan fingerprint density at radius 3 is 1.94 bits per heavy atom. The van der Waals surface area contributed by atoms with Crippen LogP contribution in [0.25, 0.3) is 0 Å². The van der Waals surface area contributed by atoms with Crippen molar-refractivity contribution in [1.82, 2.24) is 10.2 Å². The van der Waals surface area contributed by atoms with Crippen molar-refractivity contribution in [3.8, 4) is 0 Å². The van der Waals surface area contributed by atoms with Gasteiger partial charge in [0, 0.05) is 18.6 Å². The van der Waals surface area contributed by atoms with Crippen LogP contribution in [0, 0.1) is 5.92 Å². The van der Waals surface area contributed by atoms with Crippen LogP contribution < -0.4 is 5.32 Å². The van der Waals surface area contributed by atoms with E-state index in [0.717, 1.165) is 18.0 Å². The number of nitrogens with zero attached hydrogens (tertiary/aromatic N) is 1. The lowest BCUT2D eigenvalue weighted by Gasteiger charge is -2.35. The molecule has 0 unspecified atom stereocenters. The predicted molar refractivity (Wildman–Crippen MR) is 76.8 cm³/mol. The molecule has 0 aromatic rings. The molecule has 1 aliphatic heterocycles. The summed E-state index contributed by atoms with van der Waals surface area (Å²) in [4.78, 5) is 2.95. The van der Waals surface area contributed by atoms with Crippen molar-refractivity contribution in [3.63, 3.8) is 0 Å². The van der Waals surface area contributed by atoms with E-state index >= 15 is 0 Å². The van der Waals surface area contributed by atoms with Crippen LogP contribution in [0.3, 0.4) is 0 Å². The van der Waals surface area contributed by atoms with Crippen LogP contribution in [-0.4, -0.2) is 36.6 Å². The first-order chi connectivity index (χ1) is 8.93. The van der Waals surface area contributed by atoms with Gasteiger partial charge in [-0.1, -0.05) is 25.7 Å². The van der Waals surface area contributed by atoms with E-state index in [4.69, 9.17) is 0 Å². The Morgan fingerprint density at radius 1 is 0.722 bits per heavy atom. The lowest BCUT2D eigenvalue weighted by atomic mass is 9.95. The molecule has 1 heterocycles. The molecule has 0 aromatic heterocycles. The molecule has 0 atom stereocenters. The quantitative estimate of drug-likeness (QED) is 0.771. The largest absolute Gasteiger partial charge is 0.317 e. The zero-order chi connectivity index (χ0) is 12.2. The van der Waals surface area contributed by atoms with E-state index in [9.17, 15) is 0 Å². The van der Waals surface area contributed by atoms with E-state index in [0.29, 0.717) is 0 Å². The Balaban J connectivity index is 1.56. The van der Waals surface area contributed by atoms with Gasteiger partial charge in [0.1, 0.15) is 0 Å². The summed E-state index contributed by atoms with van der Waals surface area (Å²) in [5.41, 5.74) is 0. The van der Waals surface area contributed by atoms with Gasteiger partial charge in [-0.3, -0.25) is 4.90 Å². The minimum Gasteiger partial charge on any atom is -0.317 e. The lowest BCUT2D eigenvalue weighted by Crippen LogP contribution is -2.42. The second kappa shape index (κ2) is 6.38. The van der Waals surface area contributed by atoms with Crippen molar-refractivity contribution in [2.45, 2.75) is 76.3 Å². The molecule has 3 rings (SSSR count). The highest BCUT2D eigenvalue weighted by Gasteiger charge is 2.35. The molecule has 0 amide bonds. The standard InChI is InChI=1S/C16H30N2/c1-2-4-6-15(5-3-1)18(16-7-8-16)13-14-9-11-17-12-10-14/h14-17H,1-13H2. The first-order valence-electron chi connectivity index (χ1n) is 8.40.